The number of hydrogen-bond acceptors (Lipinski definition) is 5. The van der Waals surface area contributed by atoms with Crippen molar-refractivity contribution in [3.8, 4) is 0 Å². The van der Waals surface area contributed by atoms with Crippen molar-refractivity contribution in [2.75, 3.05) is 19.6 Å². The van der Waals surface area contributed by atoms with Gasteiger partial charge in [-0.2, -0.15) is 4.31 Å². The SMILES string of the molecule is Cn1ccnc1C1CNCCN1S(=O)(=O)c1csc2ccc(Cl)cc12. The lowest BCUT2D eigenvalue weighted by atomic mass is 10.2. The molecule has 2 aromatic heterocycles. The average Bonchev–Trinajstić information content (AvgIpc) is 3.20. The highest BCUT2D eigenvalue weighted by molar-refractivity contribution is 7.89. The van der Waals surface area contributed by atoms with Crippen molar-refractivity contribution in [2.24, 2.45) is 7.05 Å². The van der Waals surface area contributed by atoms with Crippen molar-refractivity contribution in [2.45, 2.75) is 10.9 Å². The molecule has 0 bridgehead atoms. The van der Waals surface area contributed by atoms with Gasteiger partial charge in [-0.15, -0.1) is 11.3 Å². The lowest BCUT2D eigenvalue weighted by Crippen LogP contribution is -2.49. The number of imidazole rings is 1. The molecule has 0 aliphatic carbocycles. The third kappa shape index (κ3) is 2.88. The molecule has 3 aromatic rings. The second-order valence-electron chi connectivity index (χ2n) is 5.97. The van der Waals surface area contributed by atoms with E-state index < -0.39 is 10.0 Å². The normalized spacial score (nSPS) is 19.5. The van der Waals surface area contributed by atoms with Gasteiger partial charge in [0.25, 0.3) is 0 Å². The largest absolute Gasteiger partial charge is 0.337 e. The van der Waals surface area contributed by atoms with Crippen molar-refractivity contribution in [1.29, 1.82) is 0 Å². The number of benzene rings is 1. The van der Waals surface area contributed by atoms with E-state index in [2.05, 4.69) is 10.3 Å². The number of fused-ring (bicyclic) bond motifs is 1. The van der Waals surface area contributed by atoms with Gasteiger partial charge in [-0.25, -0.2) is 13.4 Å². The summed E-state index contributed by atoms with van der Waals surface area (Å²) in [6.07, 6.45) is 3.52. The molecule has 25 heavy (non-hydrogen) atoms. The van der Waals surface area contributed by atoms with Crippen LogP contribution < -0.4 is 5.32 Å². The Labute approximate surface area is 155 Å². The fourth-order valence-electron chi connectivity index (χ4n) is 3.20. The zero-order valence-corrected chi connectivity index (χ0v) is 15.9. The monoisotopic (exact) mass is 396 g/mol. The molecule has 1 aliphatic rings. The molecule has 1 atom stereocenters. The molecule has 1 saturated heterocycles. The summed E-state index contributed by atoms with van der Waals surface area (Å²) in [6, 6.07) is 5.01. The second-order valence-corrected chi connectivity index (χ2v) is 9.18. The molecule has 0 amide bonds. The lowest BCUT2D eigenvalue weighted by molar-refractivity contribution is 0.258. The zero-order valence-electron chi connectivity index (χ0n) is 13.5. The average molecular weight is 397 g/mol. The van der Waals surface area contributed by atoms with Gasteiger partial charge in [0.15, 0.2) is 0 Å². The van der Waals surface area contributed by atoms with Gasteiger partial charge in [0.1, 0.15) is 10.7 Å². The minimum Gasteiger partial charge on any atom is -0.337 e. The Balaban J connectivity index is 1.82. The van der Waals surface area contributed by atoms with E-state index in [9.17, 15) is 8.42 Å². The first-order chi connectivity index (χ1) is 12.0. The van der Waals surface area contributed by atoms with Crippen molar-refractivity contribution < 1.29 is 8.42 Å². The van der Waals surface area contributed by atoms with Crippen LogP contribution in [0.25, 0.3) is 10.1 Å². The van der Waals surface area contributed by atoms with Crippen LogP contribution in [0.1, 0.15) is 11.9 Å². The van der Waals surface area contributed by atoms with Gasteiger partial charge in [-0.3, -0.25) is 0 Å². The number of thiophene rings is 1. The van der Waals surface area contributed by atoms with Crippen LogP contribution in [0.3, 0.4) is 0 Å². The minimum atomic E-state index is -3.66. The van der Waals surface area contributed by atoms with Gasteiger partial charge in [0, 0.05) is 59.6 Å². The molecule has 1 aromatic carbocycles. The van der Waals surface area contributed by atoms with Gasteiger partial charge in [-0.1, -0.05) is 11.6 Å². The van der Waals surface area contributed by atoms with E-state index in [4.69, 9.17) is 11.6 Å². The maximum absolute atomic E-state index is 13.4. The molecule has 6 nitrogen and oxygen atoms in total. The van der Waals surface area contributed by atoms with Crippen molar-refractivity contribution >= 4 is 43.0 Å². The molecule has 0 spiro atoms. The van der Waals surface area contributed by atoms with Crippen molar-refractivity contribution in [1.82, 2.24) is 19.2 Å². The Hall–Kier alpha value is -1.45. The maximum atomic E-state index is 13.4. The Kier molecular flexibility index (Phi) is 4.33. The highest BCUT2D eigenvalue weighted by Crippen LogP contribution is 2.36. The Bertz CT molecular complexity index is 1030. The highest BCUT2D eigenvalue weighted by Gasteiger charge is 2.37. The quantitative estimate of drug-likeness (QED) is 0.739. The van der Waals surface area contributed by atoms with Crippen molar-refractivity contribution in [3.63, 3.8) is 0 Å². The van der Waals surface area contributed by atoms with Crippen LogP contribution in [-0.4, -0.2) is 41.9 Å². The van der Waals surface area contributed by atoms with E-state index in [0.29, 0.717) is 34.9 Å². The number of piperazine rings is 1. The molecule has 1 aliphatic heterocycles. The third-order valence-corrected chi connectivity index (χ3v) is 7.73. The molecular weight excluding hydrogens is 380 g/mol. The third-order valence-electron chi connectivity index (χ3n) is 4.44. The molecule has 1 N–H and O–H groups in total. The van der Waals surface area contributed by atoms with Crippen LogP contribution in [0.15, 0.2) is 40.9 Å². The first-order valence-electron chi connectivity index (χ1n) is 7.85. The summed E-state index contributed by atoms with van der Waals surface area (Å²) in [5.41, 5.74) is 0. The molecule has 3 heterocycles. The number of nitrogens with zero attached hydrogens (tertiary/aromatic N) is 3. The van der Waals surface area contributed by atoms with Crippen LogP contribution in [-0.2, 0) is 17.1 Å². The fourth-order valence-corrected chi connectivity index (χ4v) is 6.40. The number of nitrogens with one attached hydrogen (secondary N) is 1. The molecule has 1 fully saturated rings. The lowest BCUT2D eigenvalue weighted by Gasteiger charge is -2.34. The molecule has 1 unspecified atom stereocenters. The smallest absolute Gasteiger partial charge is 0.245 e. The highest BCUT2D eigenvalue weighted by atomic mass is 35.5. The first kappa shape index (κ1) is 17.0. The zero-order chi connectivity index (χ0) is 17.6. The van der Waals surface area contributed by atoms with E-state index in [1.165, 1.54) is 11.3 Å². The molecule has 0 radical (unpaired) electrons. The Morgan fingerprint density at radius 2 is 2.24 bits per heavy atom. The summed E-state index contributed by atoms with van der Waals surface area (Å²) in [5, 5.41) is 6.17. The summed E-state index contributed by atoms with van der Waals surface area (Å²) >= 11 is 7.50. The van der Waals surface area contributed by atoms with Gasteiger partial charge < -0.3 is 9.88 Å². The number of hydrogen-bond donors (Lipinski definition) is 1. The van der Waals surface area contributed by atoms with Crippen LogP contribution in [0.2, 0.25) is 5.02 Å². The van der Waals surface area contributed by atoms with Gasteiger partial charge in [-0.05, 0) is 18.2 Å². The van der Waals surface area contributed by atoms with Crippen LogP contribution in [0, 0.1) is 0 Å². The Morgan fingerprint density at radius 3 is 3.00 bits per heavy atom. The summed E-state index contributed by atoms with van der Waals surface area (Å²) in [6.45, 7) is 1.55. The predicted octanol–water partition coefficient (Wildman–Crippen LogP) is 2.62. The second kappa shape index (κ2) is 6.37. The number of rotatable bonds is 3. The summed E-state index contributed by atoms with van der Waals surface area (Å²) in [7, 11) is -1.79. The van der Waals surface area contributed by atoms with Crippen LogP contribution >= 0.6 is 22.9 Å². The van der Waals surface area contributed by atoms with Gasteiger partial charge >= 0.3 is 0 Å². The van der Waals surface area contributed by atoms with E-state index in [0.717, 1.165) is 10.5 Å². The first-order valence-corrected chi connectivity index (χ1v) is 10.5. The van der Waals surface area contributed by atoms with Crippen LogP contribution in [0.5, 0.6) is 0 Å². The van der Waals surface area contributed by atoms with E-state index in [-0.39, 0.29) is 6.04 Å². The van der Waals surface area contributed by atoms with Crippen molar-refractivity contribution in [3.05, 3.63) is 46.8 Å². The van der Waals surface area contributed by atoms with Gasteiger partial charge in [0.05, 0.1) is 6.04 Å². The van der Waals surface area contributed by atoms with E-state index >= 15 is 0 Å². The minimum absolute atomic E-state index is 0.316. The predicted molar refractivity (Wildman–Crippen MR) is 99.5 cm³/mol. The summed E-state index contributed by atoms with van der Waals surface area (Å²) < 4.78 is 31.2. The summed E-state index contributed by atoms with van der Waals surface area (Å²) in [5.74, 6) is 0.730. The van der Waals surface area contributed by atoms with E-state index in [1.54, 1.807) is 28.0 Å². The maximum Gasteiger partial charge on any atom is 0.245 e. The number of sulfonamides is 1. The van der Waals surface area contributed by atoms with E-state index in [1.807, 2.05) is 23.9 Å². The molecule has 4 rings (SSSR count). The number of halogens is 1. The molecular formula is C16H17ClN4O2S2. The van der Waals surface area contributed by atoms with Crippen LogP contribution in [0.4, 0.5) is 0 Å². The Morgan fingerprint density at radius 1 is 1.40 bits per heavy atom. The van der Waals surface area contributed by atoms with Gasteiger partial charge in [0.2, 0.25) is 10.0 Å². The topological polar surface area (TPSA) is 67.2 Å². The fraction of sp³-hybridized carbons (Fsp3) is 0.312. The summed E-state index contributed by atoms with van der Waals surface area (Å²) in [4.78, 5) is 4.68. The number of aromatic nitrogens is 2. The number of aryl methyl sites for hydroxylation is 1. The molecule has 132 valence electrons. The standard InChI is InChI=1S/C16H17ClN4O2S2/c1-20-6-5-19-16(20)13-9-18-4-7-21(13)25(22,23)15-10-24-14-3-2-11(17)8-12(14)15/h2-3,5-6,8,10,13,18H,4,7,9H2,1H3. The molecule has 0 saturated carbocycles. The molecule has 9 heteroatoms.